The van der Waals surface area contributed by atoms with E-state index in [0.717, 1.165) is 17.4 Å². The molecule has 2 aromatic carbocycles. The molecule has 10 nitrogen and oxygen atoms in total. The second kappa shape index (κ2) is 12.9. The number of hydrogen-bond acceptors (Lipinski definition) is 9. The molecule has 4 N–H and O–H groups in total. The van der Waals surface area contributed by atoms with Crippen molar-refractivity contribution in [3.8, 4) is 28.1 Å². The van der Waals surface area contributed by atoms with Crippen molar-refractivity contribution in [2.24, 2.45) is 5.73 Å². The number of para-hydroxylation sites is 1. The normalized spacial score (nSPS) is 13.5. The fourth-order valence-electron chi connectivity index (χ4n) is 3.29. The van der Waals surface area contributed by atoms with Crippen LogP contribution in [0.4, 0.5) is 13.2 Å². The summed E-state index contributed by atoms with van der Waals surface area (Å²) in [5.41, 5.74) is 4.16. The summed E-state index contributed by atoms with van der Waals surface area (Å²) in [4.78, 5) is 17.8. The first-order valence-electron chi connectivity index (χ1n) is 11.6. The van der Waals surface area contributed by atoms with Gasteiger partial charge in [-0.1, -0.05) is 23.5 Å². The van der Waals surface area contributed by atoms with Gasteiger partial charge in [0.25, 0.3) is 0 Å². The first-order chi connectivity index (χ1) is 18.3. The summed E-state index contributed by atoms with van der Waals surface area (Å²) in [5, 5.41) is 17.1. The van der Waals surface area contributed by atoms with Crippen LogP contribution in [0.3, 0.4) is 0 Å². The van der Waals surface area contributed by atoms with Gasteiger partial charge in [-0.3, -0.25) is 4.52 Å². The quantitative estimate of drug-likeness (QED) is 0.183. The number of aromatic nitrogens is 2. The Morgan fingerprint density at radius 1 is 1.05 bits per heavy atom. The van der Waals surface area contributed by atoms with Gasteiger partial charge in [0.2, 0.25) is 0 Å². The van der Waals surface area contributed by atoms with Crippen LogP contribution in [0.2, 0.25) is 0 Å². The summed E-state index contributed by atoms with van der Waals surface area (Å²) in [6.07, 6.45) is -2.92. The SMILES string of the molecule is C[C@](N)(COP(=O)(O)O)c1nnc(-c2ccc(OCCCCCOc3ccccc3C#N)c(C(F)(F)F)c2)s1. The van der Waals surface area contributed by atoms with Gasteiger partial charge in [0, 0.05) is 5.56 Å². The van der Waals surface area contributed by atoms with Crippen molar-refractivity contribution in [1.29, 1.82) is 5.26 Å². The number of unbranched alkanes of at least 4 members (excludes halogenated alkanes) is 2. The molecular formula is C24H26F3N4O6PS. The topological polar surface area (TPSA) is 161 Å². The summed E-state index contributed by atoms with van der Waals surface area (Å²) in [5.74, 6) is 0.160. The number of halogens is 3. The molecule has 0 spiro atoms. The van der Waals surface area contributed by atoms with Gasteiger partial charge in [-0.25, -0.2) is 4.57 Å². The first kappa shape index (κ1) is 30.5. The van der Waals surface area contributed by atoms with Crippen LogP contribution >= 0.6 is 19.2 Å². The van der Waals surface area contributed by atoms with E-state index in [4.69, 9.17) is 30.3 Å². The van der Waals surface area contributed by atoms with E-state index in [1.807, 2.05) is 6.07 Å². The van der Waals surface area contributed by atoms with Crippen LogP contribution in [0.5, 0.6) is 11.5 Å². The summed E-state index contributed by atoms with van der Waals surface area (Å²) in [6, 6.07) is 12.4. The van der Waals surface area contributed by atoms with Gasteiger partial charge in [0.15, 0.2) is 0 Å². The zero-order valence-electron chi connectivity index (χ0n) is 20.7. The molecule has 15 heteroatoms. The molecule has 3 aromatic rings. The Morgan fingerprint density at radius 2 is 1.72 bits per heavy atom. The fraction of sp³-hybridized carbons (Fsp3) is 0.375. The molecule has 0 fully saturated rings. The van der Waals surface area contributed by atoms with Crippen LogP contribution in [0.25, 0.3) is 10.6 Å². The molecule has 0 aliphatic rings. The largest absolute Gasteiger partial charge is 0.493 e. The van der Waals surface area contributed by atoms with E-state index >= 15 is 0 Å². The minimum absolute atomic E-state index is 0.0608. The van der Waals surface area contributed by atoms with E-state index in [1.54, 1.807) is 24.3 Å². The van der Waals surface area contributed by atoms with E-state index in [1.165, 1.54) is 19.1 Å². The molecule has 1 atom stereocenters. The molecular weight excluding hydrogens is 560 g/mol. The lowest BCUT2D eigenvalue weighted by Gasteiger charge is -2.21. The molecule has 3 rings (SSSR count). The van der Waals surface area contributed by atoms with Gasteiger partial charge in [0.05, 0.1) is 36.5 Å². The van der Waals surface area contributed by atoms with Gasteiger partial charge in [0.1, 0.15) is 27.6 Å². The summed E-state index contributed by atoms with van der Waals surface area (Å²) in [7, 11) is -4.78. The van der Waals surface area contributed by atoms with Crippen LogP contribution in [0.15, 0.2) is 42.5 Å². The van der Waals surface area contributed by atoms with Gasteiger partial charge >= 0.3 is 14.0 Å². The number of benzene rings is 2. The molecule has 210 valence electrons. The Bertz CT molecular complexity index is 1360. The van der Waals surface area contributed by atoms with Crippen molar-refractivity contribution in [3.63, 3.8) is 0 Å². The predicted molar refractivity (Wildman–Crippen MR) is 136 cm³/mol. The number of nitriles is 1. The van der Waals surface area contributed by atoms with Gasteiger partial charge in [-0.15, -0.1) is 10.2 Å². The Hall–Kier alpha value is -3.05. The zero-order valence-corrected chi connectivity index (χ0v) is 22.4. The number of alkyl halides is 3. The smallest absolute Gasteiger partial charge is 0.469 e. The molecule has 39 heavy (non-hydrogen) atoms. The summed E-state index contributed by atoms with van der Waals surface area (Å²) in [6.45, 7) is 1.25. The minimum Gasteiger partial charge on any atom is -0.493 e. The number of hydrogen-bond donors (Lipinski definition) is 3. The zero-order chi connectivity index (χ0) is 28.7. The van der Waals surface area contributed by atoms with Crippen molar-refractivity contribution in [1.82, 2.24) is 10.2 Å². The number of phosphoric acid groups is 1. The standard InChI is InChI=1S/C24H26F3N4O6PS/c1-23(29,15-37-38(32,33)34)22-31-30-21(39-22)16-9-10-20(18(13-16)24(25,26)27)36-12-6-2-5-11-35-19-8-4-3-7-17(19)14-28/h3-4,7-10,13H,2,5-6,11-12,15,29H2,1H3,(H2,32,33,34)/t23-/m0/s1. The maximum absolute atomic E-state index is 13.8. The lowest BCUT2D eigenvalue weighted by molar-refractivity contribution is -0.138. The highest BCUT2D eigenvalue weighted by molar-refractivity contribution is 7.46. The molecule has 0 aliphatic heterocycles. The van der Waals surface area contributed by atoms with Crippen molar-refractivity contribution < 1.29 is 41.5 Å². The summed E-state index contributed by atoms with van der Waals surface area (Å²) >= 11 is 0.880. The van der Waals surface area contributed by atoms with E-state index < -0.39 is 31.7 Å². The highest BCUT2D eigenvalue weighted by Gasteiger charge is 2.35. The van der Waals surface area contributed by atoms with Crippen molar-refractivity contribution >= 4 is 19.2 Å². The Morgan fingerprint density at radius 3 is 2.36 bits per heavy atom. The third-order valence-electron chi connectivity index (χ3n) is 5.29. The number of phosphoric ester groups is 1. The lowest BCUT2D eigenvalue weighted by Crippen LogP contribution is -2.37. The van der Waals surface area contributed by atoms with E-state index in [9.17, 15) is 17.7 Å². The van der Waals surface area contributed by atoms with Crippen molar-refractivity contribution in [2.75, 3.05) is 19.8 Å². The van der Waals surface area contributed by atoms with Crippen LogP contribution in [-0.4, -0.2) is 39.8 Å². The second-order valence-electron chi connectivity index (χ2n) is 8.67. The molecule has 0 aliphatic carbocycles. The van der Waals surface area contributed by atoms with Crippen LogP contribution in [-0.2, 0) is 20.8 Å². The Balaban J connectivity index is 1.58. The summed E-state index contributed by atoms with van der Waals surface area (Å²) < 4.78 is 67.8. The first-order valence-corrected chi connectivity index (χ1v) is 13.9. The van der Waals surface area contributed by atoms with Crippen LogP contribution in [0, 0.1) is 11.3 Å². The number of nitrogens with zero attached hydrogens (tertiary/aromatic N) is 3. The fourth-order valence-corrected chi connectivity index (χ4v) is 4.61. The highest BCUT2D eigenvalue weighted by atomic mass is 32.1. The third-order valence-corrected chi connectivity index (χ3v) is 7.01. The van der Waals surface area contributed by atoms with Gasteiger partial charge in [-0.05, 0) is 56.5 Å². The minimum atomic E-state index is -4.78. The Kier molecular flexibility index (Phi) is 10.1. The molecule has 1 heterocycles. The third kappa shape index (κ3) is 8.99. The molecule has 0 amide bonds. The van der Waals surface area contributed by atoms with Crippen LogP contribution < -0.4 is 15.2 Å². The highest BCUT2D eigenvalue weighted by Crippen LogP contribution is 2.41. The molecule has 0 saturated heterocycles. The maximum atomic E-state index is 13.8. The van der Waals surface area contributed by atoms with Crippen molar-refractivity contribution in [2.45, 2.75) is 37.9 Å². The van der Waals surface area contributed by atoms with E-state index in [0.29, 0.717) is 37.2 Å². The molecule has 0 bridgehead atoms. The van der Waals surface area contributed by atoms with Crippen molar-refractivity contribution in [3.05, 3.63) is 58.6 Å². The molecule has 1 aromatic heterocycles. The Labute approximate surface area is 226 Å². The molecule has 0 unspecified atom stereocenters. The number of rotatable bonds is 13. The lowest BCUT2D eigenvalue weighted by atomic mass is 10.1. The van der Waals surface area contributed by atoms with Crippen LogP contribution in [0.1, 0.15) is 42.3 Å². The monoisotopic (exact) mass is 586 g/mol. The van der Waals surface area contributed by atoms with E-state index in [-0.39, 0.29) is 27.9 Å². The van der Waals surface area contributed by atoms with Gasteiger partial charge in [-0.2, -0.15) is 18.4 Å². The predicted octanol–water partition coefficient (Wildman–Crippen LogP) is 5.01. The van der Waals surface area contributed by atoms with Gasteiger partial charge < -0.3 is 25.0 Å². The second-order valence-corrected chi connectivity index (χ2v) is 10.9. The molecule has 0 radical (unpaired) electrons. The average Bonchev–Trinajstić information content (AvgIpc) is 3.38. The van der Waals surface area contributed by atoms with E-state index in [2.05, 4.69) is 14.7 Å². The number of nitrogens with two attached hydrogens (primary N) is 1. The average molecular weight is 587 g/mol. The molecule has 0 saturated carbocycles. The number of ether oxygens (including phenoxy) is 2. The maximum Gasteiger partial charge on any atom is 0.469 e.